The van der Waals surface area contributed by atoms with Crippen LogP contribution < -0.4 is 4.74 Å². The van der Waals surface area contributed by atoms with Gasteiger partial charge in [-0.05, 0) is 28.4 Å². The van der Waals surface area contributed by atoms with E-state index < -0.39 is 0 Å². The van der Waals surface area contributed by atoms with Crippen molar-refractivity contribution in [1.82, 2.24) is 4.98 Å². The van der Waals surface area contributed by atoms with Gasteiger partial charge in [0.25, 0.3) is 0 Å². The van der Waals surface area contributed by atoms with Gasteiger partial charge >= 0.3 is 0 Å². The minimum atomic E-state index is 0.0359. The first-order valence-electron chi connectivity index (χ1n) is 4.12. The fraction of sp³-hybridized carbons (Fsp3) is 0.444. The zero-order valence-corrected chi connectivity index (χ0v) is 9.52. The van der Waals surface area contributed by atoms with Crippen molar-refractivity contribution in [2.24, 2.45) is 0 Å². The fourth-order valence-corrected chi connectivity index (χ4v) is 2.12. The SMILES string of the molecule is Cc1c(Br)cnc2c1C(Cl)CCO2. The second-order valence-corrected chi connectivity index (χ2v) is 4.44. The molecule has 1 aliphatic rings. The molecule has 2 rings (SSSR count). The molecule has 70 valence electrons. The molecule has 1 unspecified atom stereocenters. The number of hydrogen-bond acceptors (Lipinski definition) is 2. The molecule has 0 amide bonds. The van der Waals surface area contributed by atoms with Crippen molar-refractivity contribution in [2.75, 3.05) is 6.61 Å². The second-order valence-electron chi connectivity index (χ2n) is 3.05. The number of ether oxygens (including phenoxy) is 1. The normalized spacial score (nSPS) is 20.7. The summed E-state index contributed by atoms with van der Waals surface area (Å²) in [6.45, 7) is 2.68. The molecule has 2 heterocycles. The monoisotopic (exact) mass is 261 g/mol. The fourth-order valence-electron chi connectivity index (χ4n) is 1.46. The van der Waals surface area contributed by atoms with Gasteiger partial charge in [-0.1, -0.05) is 0 Å². The van der Waals surface area contributed by atoms with E-state index >= 15 is 0 Å². The van der Waals surface area contributed by atoms with E-state index in [4.69, 9.17) is 16.3 Å². The molecule has 0 bridgehead atoms. The second kappa shape index (κ2) is 3.46. The minimum absolute atomic E-state index is 0.0359. The highest BCUT2D eigenvalue weighted by Crippen LogP contribution is 2.39. The number of hydrogen-bond donors (Lipinski definition) is 0. The predicted molar refractivity (Wildman–Crippen MR) is 55.4 cm³/mol. The van der Waals surface area contributed by atoms with E-state index in [1.54, 1.807) is 6.20 Å². The van der Waals surface area contributed by atoms with E-state index in [2.05, 4.69) is 20.9 Å². The molecule has 1 atom stereocenters. The Labute approximate surface area is 90.4 Å². The van der Waals surface area contributed by atoms with Gasteiger partial charge in [-0.15, -0.1) is 11.6 Å². The average Bonchev–Trinajstić information content (AvgIpc) is 2.12. The molecule has 13 heavy (non-hydrogen) atoms. The van der Waals surface area contributed by atoms with Crippen LogP contribution in [0.1, 0.15) is 22.9 Å². The third-order valence-electron chi connectivity index (χ3n) is 2.21. The molecule has 0 aromatic carbocycles. The van der Waals surface area contributed by atoms with E-state index in [1.807, 2.05) is 6.92 Å². The summed E-state index contributed by atoms with van der Waals surface area (Å²) in [7, 11) is 0. The summed E-state index contributed by atoms with van der Waals surface area (Å²) in [5.74, 6) is 0.687. The van der Waals surface area contributed by atoms with Crippen molar-refractivity contribution in [3.63, 3.8) is 0 Å². The summed E-state index contributed by atoms with van der Waals surface area (Å²) in [6.07, 6.45) is 2.61. The lowest BCUT2D eigenvalue weighted by atomic mass is 10.0. The highest BCUT2D eigenvalue weighted by Gasteiger charge is 2.23. The molecular weight excluding hydrogens is 253 g/mol. The molecule has 2 nitrogen and oxygen atoms in total. The average molecular weight is 263 g/mol. The summed E-state index contributed by atoms with van der Waals surface area (Å²) in [6, 6.07) is 0. The Morgan fingerprint density at radius 2 is 2.46 bits per heavy atom. The van der Waals surface area contributed by atoms with Gasteiger partial charge in [0.15, 0.2) is 0 Å². The number of pyridine rings is 1. The van der Waals surface area contributed by atoms with Gasteiger partial charge in [0.1, 0.15) is 0 Å². The zero-order valence-electron chi connectivity index (χ0n) is 7.18. The van der Waals surface area contributed by atoms with Crippen LogP contribution in [0.5, 0.6) is 5.88 Å². The largest absolute Gasteiger partial charge is 0.477 e. The van der Waals surface area contributed by atoms with Gasteiger partial charge in [-0.25, -0.2) is 4.98 Å². The van der Waals surface area contributed by atoms with Crippen LogP contribution in [0.4, 0.5) is 0 Å². The standard InChI is InChI=1S/C9H9BrClNO/c1-5-6(10)4-12-9-8(5)7(11)2-3-13-9/h4,7H,2-3H2,1H3. The molecule has 0 saturated heterocycles. The van der Waals surface area contributed by atoms with Crippen molar-refractivity contribution < 1.29 is 4.74 Å². The summed E-state index contributed by atoms with van der Waals surface area (Å²) < 4.78 is 6.40. The van der Waals surface area contributed by atoms with Crippen LogP contribution in [0.3, 0.4) is 0 Å². The van der Waals surface area contributed by atoms with Gasteiger partial charge in [-0.2, -0.15) is 0 Å². The lowest BCUT2D eigenvalue weighted by Crippen LogP contribution is -2.13. The molecule has 1 aliphatic heterocycles. The van der Waals surface area contributed by atoms with Crippen molar-refractivity contribution in [2.45, 2.75) is 18.7 Å². The number of nitrogens with zero attached hydrogens (tertiary/aromatic N) is 1. The highest BCUT2D eigenvalue weighted by atomic mass is 79.9. The maximum absolute atomic E-state index is 6.18. The van der Waals surface area contributed by atoms with Crippen LogP contribution in [0.2, 0.25) is 0 Å². The van der Waals surface area contributed by atoms with Crippen molar-refractivity contribution >= 4 is 27.5 Å². The van der Waals surface area contributed by atoms with Crippen LogP contribution >= 0.6 is 27.5 Å². The third kappa shape index (κ3) is 1.55. The van der Waals surface area contributed by atoms with E-state index in [0.29, 0.717) is 12.5 Å². The van der Waals surface area contributed by atoms with Gasteiger partial charge in [0.2, 0.25) is 5.88 Å². The quantitative estimate of drug-likeness (QED) is 0.670. The lowest BCUT2D eigenvalue weighted by Gasteiger charge is -2.22. The molecule has 0 saturated carbocycles. The topological polar surface area (TPSA) is 22.1 Å². The molecule has 0 aliphatic carbocycles. The maximum Gasteiger partial charge on any atom is 0.218 e. The first-order chi connectivity index (χ1) is 6.20. The Balaban J connectivity index is 2.58. The van der Waals surface area contributed by atoms with Crippen LogP contribution in [0, 0.1) is 6.92 Å². The third-order valence-corrected chi connectivity index (χ3v) is 3.45. The van der Waals surface area contributed by atoms with Crippen molar-refractivity contribution in [1.29, 1.82) is 0 Å². The van der Waals surface area contributed by atoms with E-state index in [0.717, 1.165) is 22.0 Å². The van der Waals surface area contributed by atoms with Crippen LogP contribution in [-0.4, -0.2) is 11.6 Å². The molecule has 1 aromatic heterocycles. The first-order valence-corrected chi connectivity index (χ1v) is 5.35. The number of rotatable bonds is 0. The molecule has 0 spiro atoms. The number of aromatic nitrogens is 1. The highest BCUT2D eigenvalue weighted by molar-refractivity contribution is 9.10. The lowest BCUT2D eigenvalue weighted by molar-refractivity contribution is 0.272. The zero-order chi connectivity index (χ0) is 9.42. The van der Waals surface area contributed by atoms with E-state index in [1.165, 1.54) is 0 Å². The van der Waals surface area contributed by atoms with Gasteiger partial charge in [0.05, 0.1) is 12.0 Å². The molecule has 0 fully saturated rings. The Kier molecular flexibility index (Phi) is 2.47. The first kappa shape index (κ1) is 9.28. The summed E-state index contributed by atoms with van der Waals surface area (Å²) in [5.41, 5.74) is 2.16. The molecule has 0 N–H and O–H groups in total. The molecular formula is C9H9BrClNO. The number of alkyl halides is 1. The number of fused-ring (bicyclic) bond motifs is 1. The smallest absolute Gasteiger partial charge is 0.218 e. The van der Waals surface area contributed by atoms with E-state index in [-0.39, 0.29) is 5.38 Å². The molecule has 1 aromatic rings. The Hall–Kier alpha value is -0.280. The predicted octanol–water partition coefficient (Wildman–Crippen LogP) is 3.21. The van der Waals surface area contributed by atoms with E-state index in [9.17, 15) is 0 Å². The van der Waals surface area contributed by atoms with Gasteiger partial charge in [0, 0.05) is 22.7 Å². The maximum atomic E-state index is 6.18. The van der Waals surface area contributed by atoms with Gasteiger partial charge in [-0.3, -0.25) is 0 Å². The Bertz CT molecular complexity index is 343. The van der Waals surface area contributed by atoms with Crippen molar-refractivity contribution in [3.05, 3.63) is 21.8 Å². The minimum Gasteiger partial charge on any atom is -0.477 e. The molecule has 0 radical (unpaired) electrons. The summed E-state index contributed by atoms with van der Waals surface area (Å²) in [4.78, 5) is 4.18. The van der Waals surface area contributed by atoms with Gasteiger partial charge < -0.3 is 4.74 Å². The number of halogens is 2. The molecule has 4 heteroatoms. The summed E-state index contributed by atoms with van der Waals surface area (Å²) >= 11 is 9.61. The van der Waals surface area contributed by atoms with Crippen molar-refractivity contribution in [3.8, 4) is 5.88 Å². The van der Waals surface area contributed by atoms with Crippen LogP contribution in [0.15, 0.2) is 10.7 Å². The Morgan fingerprint density at radius 1 is 1.69 bits per heavy atom. The summed E-state index contributed by atoms with van der Waals surface area (Å²) in [5, 5.41) is 0.0359. The van der Waals surface area contributed by atoms with Crippen LogP contribution in [-0.2, 0) is 0 Å². The Morgan fingerprint density at radius 3 is 3.23 bits per heavy atom. The van der Waals surface area contributed by atoms with Crippen LogP contribution in [0.25, 0.3) is 0 Å².